The standard InChI is InChI=1S/C16H17N3O.C4H4O4/c20-14-11-19-10-9-18-15(19)16(5-7-17-8-6-16)13-4-2-1-3-12(13)14;5-3(6)1-2-4(7)8/h1-4,9-10,17H,5-8,11H2;1-2H,(H,5,6)(H,7,8)/b;2-1+. The third-order valence-corrected chi connectivity index (χ3v) is 5.03. The predicted molar refractivity (Wildman–Crippen MR) is 100 cm³/mol. The summed E-state index contributed by atoms with van der Waals surface area (Å²) in [5.74, 6) is -1.27. The number of carbonyl (C=O) groups is 3. The Morgan fingerprint density at radius 1 is 1.11 bits per heavy atom. The van der Waals surface area contributed by atoms with E-state index in [1.54, 1.807) is 0 Å². The highest BCUT2D eigenvalue weighted by atomic mass is 16.4. The number of benzene rings is 1. The largest absolute Gasteiger partial charge is 0.478 e. The molecule has 1 aromatic carbocycles. The number of aromatic nitrogens is 2. The topological polar surface area (TPSA) is 122 Å². The first-order valence-corrected chi connectivity index (χ1v) is 8.93. The number of carbonyl (C=O) groups excluding carboxylic acids is 1. The van der Waals surface area contributed by atoms with Gasteiger partial charge in [0, 0.05) is 30.1 Å². The van der Waals surface area contributed by atoms with Crippen LogP contribution in [0.2, 0.25) is 0 Å². The highest BCUT2D eigenvalue weighted by molar-refractivity contribution is 5.98. The summed E-state index contributed by atoms with van der Waals surface area (Å²) < 4.78 is 2.04. The predicted octanol–water partition coefficient (Wildman–Crippen LogP) is 1.46. The zero-order valence-electron chi connectivity index (χ0n) is 15.2. The maximum absolute atomic E-state index is 12.5. The number of hydrogen-bond acceptors (Lipinski definition) is 5. The summed E-state index contributed by atoms with van der Waals surface area (Å²) in [5, 5.41) is 19.0. The molecule has 1 spiro atoms. The van der Waals surface area contributed by atoms with Gasteiger partial charge in [-0.25, -0.2) is 14.6 Å². The molecule has 1 saturated heterocycles. The van der Waals surface area contributed by atoms with E-state index in [2.05, 4.69) is 16.4 Å². The van der Waals surface area contributed by atoms with Crippen LogP contribution in [0, 0.1) is 0 Å². The van der Waals surface area contributed by atoms with Gasteiger partial charge in [-0.2, -0.15) is 0 Å². The molecular formula is C20H21N3O5. The molecule has 0 saturated carbocycles. The first-order valence-electron chi connectivity index (χ1n) is 8.93. The lowest BCUT2D eigenvalue weighted by atomic mass is 9.71. The van der Waals surface area contributed by atoms with E-state index in [0.717, 1.165) is 42.9 Å². The fraction of sp³-hybridized carbons (Fsp3) is 0.300. The zero-order valence-corrected chi connectivity index (χ0v) is 15.2. The van der Waals surface area contributed by atoms with Crippen molar-refractivity contribution in [3.8, 4) is 0 Å². The molecule has 0 aliphatic carbocycles. The number of rotatable bonds is 2. The molecular weight excluding hydrogens is 362 g/mol. The van der Waals surface area contributed by atoms with Gasteiger partial charge in [0.05, 0.1) is 12.0 Å². The molecule has 0 amide bonds. The third-order valence-electron chi connectivity index (χ3n) is 5.03. The molecule has 0 bridgehead atoms. The molecule has 0 unspecified atom stereocenters. The summed E-state index contributed by atoms with van der Waals surface area (Å²) in [4.78, 5) is 36.2. The Kier molecular flexibility index (Phi) is 5.70. The average Bonchev–Trinajstić information content (AvgIpc) is 3.13. The van der Waals surface area contributed by atoms with Gasteiger partial charge in [0.15, 0.2) is 5.78 Å². The molecule has 28 heavy (non-hydrogen) atoms. The minimum absolute atomic E-state index is 0.114. The van der Waals surface area contributed by atoms with Crippen molar-refractivity contribution in [2.45, 2.75) is 24.8 Å². The van der Waals surface area contributed by atoms with Crippen molar-refractivity contribution >= 4 is 17.7 Å². The first-order chi connectivity index (χ1) is 13.4. The smallest absolute Gasteiger partial charge is 0.328 e. The molecule has 3 N–H and O–H groups in total. The number of carboxylic acids is 2. The molecule has 2 aliphatic rings. The van der Waals surface area contributed by atoms with Gasteiger partial charge in [-0.3, -0.25) is 4.79 Å². The molecule has 146 valence electrons. The Bertz CT molecular complexity index is 909. The maximum Gasteiger partial charge on any atom is 0.328 e. The van der Waals surface area contributed by atoms with Crippen molar-refractivity contribution in [3.63, 3.8) is 0 Å². The highest BCUT2D eigenvalue weighted by Crippen LogP contribution is 2.42. The van der Waals surface area contributed by atoms with E-state index in [1.165, 1.54) is 0 Å². The molecule has 4 rings (SSSR count). The van der Waals surface area contributed by atoms with Gasteiger partial charge in [0.25, 0.3) is 0 Å². The Morgan fingerprint density at radius 3 is 2.39 bits per heavy atom. The number of aliphatic carboxylic acids is 2. The zero-order chi connectivity index (χ0) is 20.1. The summed E-state index contributed by atoms with van der Waals surface area (Å²) in [6.45, 7) is 2.34. The number of nitrogens with zero attached hydrogens (tertiary/aromatic N) is 2. The van der Waals surface area contributed by atoms with Crippen LogP contribution in [0.5, 0.6) is 0 Å². The quantitative estimate of drug-likeness (QED) is 0.671. The molecule has 2 aliphatic heterocycles. The summed E-state index contributed by atoms with van der Waals surface area (Å²) in [6, 6.07) is 8.07. The molecule has 2 aromatic rings. The van der Waals surface area contributed by atoms with Crippen LogP contribution in [-0.4, -0.2) is 50.6 Å². The van der Waals surface area contributed by atoms with E-state index >= 15 is 0 Å². The molecule has 3 heterocycles. The Balaban J connectivity index is 0.000000242. The summed E-state index contributed by atoms with van der Waals surface area (Å²) in [5.41, 5.74) is 1.92. The van der Waals surface area contributed by atoms with Crippen LogP contribution >= 0.6 is 0 Å². The van der Waals surface area contributed by atoms with Crippen LogP contribution in [0.25, 0.3) is 0 Å². The lowest BCUT2D eigenvalue weighted by molar-refractivity contribution is -0.134. The van der Waals surface area contributed by atoms with Crippen LogP contribution in [0.15, 0.2) is 48.8 Å². The Hall–Kier alpha value is -3.26. The Morgan fingerprint density at radius 2 is 1.75 bits per heavy atom. The van der Waals surface area contributed by atoms with Crippen LogP contribution in [0.4, 0.5) is 0 Å². The van der Waals surface area contributed by atoms with Gasteiger partial charge < -0.3 is 20.1 Å². The number of carboxylic acid groups (broad SMARTS) is 2. The summed E-state index contributed by atoms with van der Waals surface area (Å²) >= 11 is 0. The van der Waals surface area contributed by atoms with E-state index < -0.39 is 11.9 Å². The van der Waals surface area contributed by atoms with Gasteiger partial charge in [-0.15, -0.1) is 0 Å². The van der Waals surface area contributed by atoms with Gasteiger partial charge in [0.1, 0.15) is 5.82 Å². The highest BCUT2D eigenvalue weighted by Gasteiger charge is 2.43. The number of ketones is 1. The lowest BCUT2D eigenvalue weighted by Crippen LogP contribution is -2.42. The fourth-order valence-corrected chi connectivity index (χ4v) is 3.85. The normalized spacial score (nSPS) is 17.2. The van der Waals surface area contributed by atoms with Crippen molar-refractivity contribution in [1.82, 2.24) is 14.9 Å². The van der Waals surface area contributed by atoms with Crippen LogP contribution in [-0.2, 0) is 21.5 Å². The van der Waals surface area contributed by atoms with Gasteiger partial charge >= 0.3 is 11.9 Å². The van der Waals surface area contributed by atoms with Crippen molar-refractivity contribution in [1.29, 1.82) is 0 Å². The first kappa shape index (κ1) is 19.5. The van der Waals surface area contributed by atoms with E-state index in [-0.39, 0.29) is 11.2 Å². The fourth-order valence-electron chi connectivity index (χ4n) is 3.85. The van der Waals surface area contributed by atoms with Crippen molar-refractivity contribution < 1.29 is 24.6 Å². The van der Waals surface area contributed by atoms with Gasteiger partial charge in [0.2, 0.25) is 0 Å². The van der Waals surface area contributed by atoms with Gasteiger partial charge in [-0.05, 0) is 31.5 Å². The number of Topliss-reactive ketones (excluding diaryl/α,β-unsaturated/α-hetero) is 1. The number of piperidine rings is 1. The van der Waals surface area contributed by atoms with Gasteiger partial charge in [-0.1, -0.05) is 24.3 Å². The molecule has 0 radical (unpaired) electrons. The monoisotopic (exact) mass is 383 g/mol. The third kappa shape index (κ3) is 3.86. The molecule has 8 heteroatoms. The lowest BCUT2D eigenvalue weighted by Gasteiger charge is -2.37. The second kappa shape index (κ2) is 8.18. The average molecular weight is 383 g/mol. The number of fused-ring (bicyclic) bond motifs is 4. The minimum Gasteiger partial charge on any atom is -0.478 e. The van der Waals surface area contributed by atoms with E-state index in [1.807, 2.05) is 35.2 Å². The second-order valence-corrected chi connectivity index (χ2v) is 6.69. The van der Waals surface area contributed by atoms with E-state index in [0.29, 0.717) is 18.7 Å². The molecule has 0 atom stereocenters. The molecule has 1 fully saturated rings. The minimum atomic E-state index is -1.26. The van der Waals surface area contributed by atoms with Crippen molar-refractivity contribution in [2.75, 3.05) is 13.1 Å². The summed E-state index contributed by atoms with van der Waals surface area (Å²) in [7, 11) is 0. The SMILES string of the molecule is O=C(O)/C=C/C(=O)O.O=C1Cn2ccnc2C2(CCNCC2)c2ccccc21. The maximum atomic E-state index is 12.5. The van der Waals surface area contributed by atoms with Crippen molar-refractivity contribution in [2.24, 2.45) is 0 Å². The molecule has 1 aromatic heterocycles. The number of imidazole rings is 1. The second-order valence-electron chi connectivity index (χ2n) is 6.69. The van der Waals surface area contributed by atoms with Crippen LogP contribution < -0.4 is 5.32 Å². The molecule has 8 nitrogen and oxygen atoms in total. The Labute approximate surface area is 161 Å². The number of hydrogen-bond donors (Lipinski definition) is 3. The number of nitrogens with one attached hydrogen (secondary N) is 1. The van der Waals surface area contributed by atoms with Crippen LogP contribution in [0.3, 0.4) is 0 Å². The van der Waals surface area contributed by atoms with E-state index in [9.17, 15) is 14.4 Å². The summed E-state index contributed by atoms with van der Waals surface area (Å²) in [6.07, 6.45) is 6.86. The van der Waals surface area contributed by atoms with Crippen molar-refractivity contribution in [3.05, 3.63) is 65.8 Å². The van der Waals surface area contributed by atoms with Crippen LogP contribution in [0.1, 0.15) is 34.6 Å². The van der Waals surface area contributed by atoms with E-state index in [4.69, 9.17) is 10.2 Å².